The van der Waals surface area contributed by atoms with E-state index in [0.717, 1.165) is 17.1 Å². The molecule has 4 heteroatoms. The van der Waals surface area contributed by atoms with Crippen molar-refractivity contribution < 1.29 is 4.39 Å². The summed E-state index contributed by atoms with van der Waals surface area (Å²) >= 11 is 7.75. The van der Waals surface area contributed by atoms with Gasteiger partial charge in [0.15, 0.2) is 0 Å². The van der Waals surface area contributed by atoms with Crippen molar-refractivity contribution in [3.63, 3.8) is 0 Å². The number of hydrogen-bond donors (Lipinski definition) is 1. The first-order valence-corrected chi connectivity index (χ1v) is 8.10. The molecule has 2 aromatic carbocycles. The minimum absolute atomic E-state index is 0.183. The summed E-state index contributed by atoms with van der Waals surface area (Å²) < 4.78 is 13.1. The summed E-state index contributed by atoms with van der Waals surface area (Å²) in [6.45, 7) is 0.694. The van der Waals surface area contributed by atoms with Gasteiger partial charge in [-0.2, -0.15) is 11.8 Å². The zero-order valence-corrected chi connectivity index (χ0v) is 12.5. The highest BCUT2D eigenvalue weighted by Crippen LogP contribution is 2.31. The first kappa shape index (κ1) is 13.9. The van der Waals surface area contributed by atoms with Crippen molar-refractivity contribution in [3.8, 4) is 0 Å². The van der Waals surface area contributed by atoms with Crippen LogP contribution in [0.5, 0.6) is 0 Å². The molecule has 2 aromatic rings. The van der Waals surface area contributed by atoms with Gasteiger partial charge in [-0.15, -0.1) is 0 Å². The molecule has 1 aliphatic heterocycles. The Morgan fingerprint density at radius 2 is 2.10 bits per heavy atom. The van der Waals surface area contributed by atoms with E-state index < -0.39 is 0 Å². The second kappa shape index (κ2) is 6.17. The molecule has 0 aliphatic carbocycles. The number of nitrogens with one attached hydrogen (secondary N) is 1. The highest BCUT2D eigenvalue weighted by atomic mass is 35.5. The van der Waals surface area contributed by atoms with Gasteiger partial charge in [-0.1, -0.05) is 41.9 Å². The molecule has 0 radical (unpaired) electrons. The molecule has 20 heavy (non-hydrogen) atoms. The van der Waals surface area contributed by atoms with E-state index in [4.69, 9.17) is 11.6 Å². The molecule has 1 N–H and O–H groups in total. The normalized spacial score (nSPS) is 17.8. The maximum absolute atomic E-state index is 13.1. The Morgan fingerprint density at radius 1 is 1.25 bits per heavy atom. The monoisotopic (exact) mass is 307 g/mol. The second-order valence-corrected chi connectivity index (χ2v) is 6.33. The van der Waals surface area contributed by atoms with Crippen molar-refractivity contribution >= 4 is 23.4 Å². The third kappa shape index (κ3) is 3.00. The smallest absolute Gasteiger partial charge is 0.141 e. The van der Waals surface area contributed by atoms with Gasteiger partial charge in [0.2, 0.25) is 0 Å². The van der Waals surface area contributed by atoms with Crippen molar-refractivity contribution in [2.24, 2.45) is 0 Å². The number of benzene rings is 2. The lowest BCUT2D eigenvalue weighted by molar-refractivity contribution is 0.573. The predicted octanol–water partition coefficient (Wildman–Crippen LogP) is 4.56. The predicted molar refractivity (Wildman–Crippen MR) is 83.6 cm³/mol. The van der Waals surface area contributed by atoms with Crippen LogP contribution in [0, 0.1) is 5.82 Å². The van der Waals surface area contributed by atoms with Gasteiger partial charge in [0.25, 0.3) is 0 Å². The van der Waals surface area contributed by atoms with Crippen LogP contribution < -0.4 is 5.32 Å². The molecule has 3 rings (SSSR count). The van der Waals surface area contributed by atoms with Gasteiger partial charge >= 0.3 is 0 Å². The van der Waals surface area contributed by atoms with E-state index in [0.29, 0.717) is 12.6 Å². The van der Waals surface area contributed by atoms with Gasteiger partial charge in [0.05, 0.1) is 5.02 Å². The van der Waals surface area contributed by atoms with Crippen LogP contribution in [-0.4, -0.2) is 5.75 Å². The maximum atomic E-state index is 13.1. The van der Waals surface area contributed by atoms with Gasteiger partial charge < -0.3 is 5.32 Å². The first-order valence-electron chi connectivity index (χ1n) is 6.57. The van der Waals surface area contributed by atoms with Gasteiger partial charge in [0, 0.05) is 24.1 Å². The summed E-state index contributed by atoms with van der Waals surface area (Å²) in [7, 11) is 0. The van der Waals surface area contributed by atoms with E-state index in [1.54, 1.807) is 12.1 Å². The summed E-state index contributed by atoms with van der Waals surface area (Å²) in [5.74, 6) is 1.77. The van der Waals surface area contributed by atoms with E-state index >= 15 is 0 Å². The van der Waals surface area contributed by atoms with Crippen molar-refractivity contribution in [3.05, 3.63) is 70.0 Å². The van der Waals surface area contributed by atoms with Gasteiger partial charge in [-0.3, -0.25) is 0 Å². The summed E-state index contributed by atoms with van der Waals surface area (Å²) in [5.41, 5.74) is 3.78. The quantitative estimate of drug-likeness (QED) is 0.892. The molecule has 1 nitrogen and oxygen atoms in total. The fraction of sp³-hybridized carbons (Fsp3) is 0.250. The molecular formula is C16H15ClFNS. The standard InChI is InChI=1S/C16H15ClFNS/c17-14-7-11(5-6-15(14)18)8-19-16-10-20-9-12-3-1-2-4-13(12)16/h1-7,16,19H,8-10H2. The summed E-state index contributed by atoms with van der Waals surface area (Å²) in [6.07, 6.45) is 0. The summed E-state index contributed by atoms with van der Waals surface area (Å²) in [6, 6.07) is 13.8. The Labute approximate surface area is 127 Å². The van der Waals surface area contributed by atoms with E-state index in [2.05, 4.69) is 29.6 Å². The third-order valence-corrected chi connectivity index (χ3v) is 4.88. The van der Waals surface area contributed by atoms with Crippen LogP contribution in [0.15, 0.2) is 42.5 Å². The molecule has 0 amide bonds. The molecule has 1 aliphatic rings. The average molecular weight is 308 g/mol. The van der Waals surface area contributed by atoms with E-state index in [-0.39, 0.29) is 10.8 Å². The molecule has 0 fully saturated rings. The molecule has 0 saturated carbocycles. The van der Waals surface area contributed by atoms with E-state index in [1.807, 2.05) is 11.8 Å². The van der Waals surface area contributed by atoms with Gasteiger partial charge in [0.1, 0.15) is 5.82 Å². The lowest BCUT2D eigenvalue weighted by atomic mass is 10.0. The molecule has 0 saturated heterocycles. The minimum atomic E-state index is -0.367. The molecule has 0 aromatic heterocycles. The maximum Gasteiger partial charge on any atom is 0.141 e. The highest BCUT2D eigenvalue weighted by molar-refractivity contribution is 7.98. The zero-order chi connectivity index (χ0) is 13.9. The summed E-state index contributed by atoms with van der Waals surface area (Å²) in [4.78, 5) is 0. The zero-order valence-electron chi connectivity index (χ0n) is 10.9. The number of hydrogen-bond acceptors (Lipinski definition) is 2. The molecule has 1 heterocycles. The first-order chi connectivity index (χ1) is 9.74. The van der Waals surface area contributed by atoms with Crippen molar-refractivity contribution in [1.29, 1.82) is 0 Å². The Balaban J connectivity index is 1.71. The second-order valence-electron chi connectivity index (χ2n) is 4.90. The third-order valence-electron chi connectivity index (χ3n) is 3.51. The topological polar surface area (TPSA) is 12.0 Å². The van der Waals surface area contributed by atoms with Crippen molar-refractivity contribution in [1.82, 2.24) is 5.32 Å². The molecule has 0 bridgehead atoms. The molecule has 0 spiro atoms. The van der Waals surface area contributed by atoms with Crippen LogP contribution in [0.1, 0.15) is 22.7 Å². The van der Waals surface area contributed by atoms with Crippen LogP contribution >= 0.6 is 23.4 Å². The number of rotatable bonds is 3. The Kier molecular flexibility index (Phi) is 4.29. The lowest BCUT2D eigenvalue weighted by Crippen LogP contribution is -2.26. The van der Waals surface area contributed by atoms with Gasteiger partial charge in [-0.05, 0) is 28.8 Å². The highest BCUT2D eigenvalue weighted by Gasteiger charge is 2.19. The SMILES string of the molecule is Fc1ccc(CNC2CSCc3ccccc32)cc1Cl. The van der Waals surface area contributed by atoms with Gasteiger partial charge in [-0.25, -0.2) is 4.39 Å². The van der Waals surface area contributed by atoms with E-state index in [9.17, 15) is 4.39 Å². The average Bonchev–Trinajstić information content (AvgIpc) is 2.48. The Bertz CT molecular complexity index is 617. The minimum Gasteiger partial charge on any atom is -0.305 e. The molecule has 104 valence electrons. The van der Waals surface area contributed by atoms with Crippen LogP contribution in [0.2, 0.25) is 5.02 Å². The van der Waals surface area contributed by atoms with Crippen molar-refractivity contribution in [2.75, 3.05) is 5.75 Å². The summed E-state index contributed by atoms with van der Waals surface area (Å²) in [5, 5.41) is 3.72. The number of halogens is 2. The Morgan fingerprint density at radius 3 is 2.95 bits per heavy atom. The Hall–Kier alpha value is -1.03. The molecule has 1 unspecified atom stereocenters. The fourth-order valence-corrected chi connectivity index (χ4v) is 3.78. The number of fused-ring (bicyclic) bond motifs is 1. The van der Waals surface area contributed by atoms with E-state index in [1.165, 1.54) is 17.2 Å². The number of thioether (sulfide) groups is 1. The van der Waals surface area contributed by atoms with Crippen LogP contribution in [-0.2, 0) is 12.3 Å². The fourth-order valence-electron chi connectivity index (χ4n) is 2.44. The van der Waals surface area contributed by atoms with Crippen LogP contribution in [0.25, 0.3) is 0 Å². The molecular weight excluding hydrogens is 293 g/mol. The lowest BCUT2D eigenvalue weighted by Gasteiger charge is -2.26. The largest absolute Gasteiger partial charge is 0.305 e. The molecule has 1 atom stereocenters. The van der Waals surface area contributed by atoms with Crippen LogP contribution in [0.4, 0.5) is 4.39 Å². The van der Waals surface area contributed by atoms with Crippen molar-refractivity contribution in [2.45, 2.75) is 18.3 Å². The van der Waals surface area contributed by atoms with Crippen LogP contribution in [0.3, 0.4) is 0 Å².